The van der Waals surface area contributed by atoms with Gasteiger partial charge in [-0.15, -0.1) is 13.2 Å². The summed E-state index contributed by atoms with van der Waals surface area (Å²) in [6, 6.07) is 4.75. The SMILES string of the molecule is CCn1cc(Cl)c(C(=O)Nc2ccc(OC(F)(F)F)cc2)n1. The first kappa shape index (κ1) is 16.2. The molecule has 118 valence electrons. The van der Waals surface area contributed by atoms with Gasteiger partial charge < -0.3 is 10.1 Å². The molecule has 1 heterocycles. The van der Waals surface area contributed by atoms with Gasteiger partial charge in [0, 0.05) is 18.4 Å². The molecule has 0 saturated heterocycles. The van der Waals surface area contributed by atoms with E-state index in [0.29, 0.717) is 12.2 Å². The zero-order valence-corrected chi connectivity index (χ0v) is 12.1. The molecule has 2 rings (SSSR count). The van der Waals surface area contributed by atoms with Gasteiger partial charge in [0.1, 0.15) is 5.75 Å². The second-order valence-corrected chi connectivity index (χ2v) is 4.61. The molecule has 0 aliphatic carbocycles. The first-order valence-corrected chi connectivity index (χ1v) is 6.56. The highest BCUT2D eigenvalue weighted by Gasteiger charge is 2.31. The van der Waals surface area contributed by atoms with Crippen molar-refractivity contribution >= 4 is 23.2 Å². The van der Waals surface area contributed by atoms with Crippen molar-refractivity contribution in [3.63, 3.8) is 0 Å². The summed E-state index contributed by atoms with van der Waals surface area (Å²) in [5.74, 6) is -0.930. The number of aromatic nitrogens is 2. The molecule has 2 aromatic rings. The van der Waals surface area contributed by atoms with Gasteiger partial charge in [-0.25, -0.2) is 0 Å². The van der Waals surface area contributed by atoms with Crippen molar-refractivity contribution in [1.29, 1.82) is 0 Å². The van der Waals surface area contributed by atoms with Crippen LogP contribution in [0.1, 0.15) is 17.4 Å². The fraction of sp³-hybridized carbons (Fsp3) is 0.231. The van der Waals surface area contributed by atoms with Crippen molar-refractivity contribution in [2.24, 2.45) is 0 Å². The van der Waals surface area contributed by atoms with Crippen LogP contribution in [0.25, 0.3) is 0 Å². The molecule has 0 aliphatic rings. The third-order valence-electron chi connectivity index (χ3n) is 2.60. The monoisotopic (exact) mass is 333 g/mol. The molecule has 0 radical (unpaired) electrons. The lowest BCUT2D eigenvalue weighted by atomic mass is 10.3. The molecule has 0 saturated carbocycles. The van der Waals surface area contributed by atoms with Crippen molar-refractivity contribution in [3.8, 4) is 5.75 Å². The van der Waals surface area contributed by atoms with Gasteiger partial charge in [0.25, 0.3) is 5.91 Å². The Labute approximate surface area is 128 Å². The van der Waals surface area contributed by atoms with E-state index in [2.05, 4.69) is 15.2 Å². The molecule has 9 heteroatoms. The normalized spacial score (nSPS) is 11.3. The number of ether oxygens (including phenoxy) is 1. The highest BCUT2D eigenvalue weighted by molar-refractivity contribution is 6.34. The minimum atomic E-state index is -4.76. The van der Waals surface area contributed by atoms with Gasteiger partial charge in [-0.3, -0.25) is 9.48 Å². The zero-order chi connectivity index (χ0) is 16.3. The van der Waals surface area contributed by atoms with Crippen LogP contribution < -0.4 is 10.1 Å². The minimum absolute atomic E-state index is 0.0409. The van der Waals surface area contributed by atoms with E-state index in [1.54, 1.807) is 0 Å². The van der Waals surface area contributed by atoms with Crippen LogP contribution in [-0.2, 0) is 6.54 Å². The smallest absolute Gasteiger partial charge is 0.406 e. The summed E-state index contributed by atoms with van der Waals surface area (Å²) in [6.45, 7) is 2.39. The van der Waals surface area contributed by atoms with Crippen LogP contribution >= 0.6 is 11.6 Å². The molecule has 0 aliphatic heterocycles. The number of aryl methyl sites for hydroxylation is 1. The number of benzene rings is 1. The van der Waals surface area contributed by atoms with Gasteiger partial charge in [-0.05, 0) is 31.2 Å². The average molecular weight is 334 g/mol. The number of halogens is 4. The molecule has 1 N–H and O–H groups in total. The van der Waals surface area contributed by atoms with Crippen LogP contribution in [0.4, 0.5) is 18.9 Å². The Hall–Kier alpha value is -2.22. The molecule has 0 fully saturated rings. The molecule has 1 amide bonds. The lowest BCUT2D eigenvalue weighted by Crippen LogP contribution is -2.17. The lowest BCUT2D eigenvalue weighted by molar-refractivity contribution is -0.274. The summed E-state index contributed by atoms with van der Waals surface area (Å²) < 4.78 is 41.3. The van der Waals surface area contributed by atoms with Crippen molar-refractivity contribution in [1.82, 2.24) is 9.78 Å². The second-order valence-electron chi connectivity index (χ2n) is 4.21. The molecule has 0 atom stereocenters. The first-order valence-electron chi connectivity index (χ1n) is 6.18. The standard InChI is InChI=1S/C13H11ClF3N3O2/c1-2-20-7-10(14)11(19-20)12(21)18-8-3-5-9(6-4-8)22-13(15,16)17/h3-7H,2H2,1H3,(H,18,21). The molecule has 1 aromatic heterocycles. The van der Waals surface area contributed by atoms with Gasteiger partial charge in [-0.1, -0.05) is 11.6 Å². The second kappa shape index (κ2) is 6.27. The molecule has 22 heavy (non-hydrogen) atoms. The number of amides is 1. The van der Waals surface area contributed by atoms with Gasteiger partial charge in [0.15, 0.2) is 5.69 Å². The van der Waals surface area contributed by atoms with Gasteiger partial charge >= 0.3 is 6.36 Å². The van der Waals surface area contributed by atoms with Crippen LogP contribution in [-0.4, -0.2) is 22.1 Å². The van der Waals surface area contributed by atoms with E-state index in [1.807, 2.05) is 6.92 Å². The number of nitrogens with one attached hydrogen (secondary N) is 1. The number of carbonyl (C=O) groups excluding carboxylic acids is 1. The van der Waals surface area contributed by atoms with Crippen molar-refractivity contribution in [2.45, 2.75) is 19.8 Å². The Morgan fingerprint density at radius 3 is 2.50 bits per heavy atom. The van der Waals surface area contributed by atoms with Crippen LogP contribution in [0, 0.1) is 0 Å². The van der Waals surface area contributed by atoms with E-state index >= 15 is 0 Å². The summed E-state index contributed by atoms with van der Waals surface area (Å²) in [5.41, 5.74) is 0.334. The number of alkyl halides is 3. The Balaban J connectivity index is 2.07. The molecular weight excluding hydrogens is 323 g/mol. The van der Waals surface area contributed by atoms with Crippen molar-refractivity contribution in [3.05, 3.63) is 41.2 Å². The largest absolute Gasteiger partial charge is 0.573 e. The maximum absolute atomic E-state index is 12.0. The van der Waals surface area contributed by atoms with Crippen molar-refractivity contribution in [2.75, 3.05) is 5.32 Å². The van der Waals surface area contributed by atoms with Crippen LogP contribution in [0.2, 0.25) is 5.02 Å². The average Bonchev–Trinajstić information content (AvgIpc) is 2.81. The van der Waals surface area contributed by atoms with E-state index in [1.165, 1.54) is 23.0 Å². The van der Waals surface area contributed by atoms with E-state index < -0.39 is 12.3 Å². The fourth-order valence-electron chi connectivity index (χ4n) is 1.64. The Morgan fingerprint density at radius 2 is 2.00 bits per heavy atom. The maximum Gasteiger partial charge on any atom is 0.573 e. The number of hydrogen-bond donors (Lipinski definition) is 1. The number of rotatable bonds is 4. The number of carbonyl (C=O) groups is 1. The van der Waals surface area contributed by atoms with Crippen LogP contribution in [0.3, 0.4) is 0 Å². The molecule has 0 unspecified atom stereocenters. The maximum atomic E-state index is 12.0. The zero-order valence-electron chi connectivity index (χ0n) is 11.3. The summed E-state index contributed by atoms with van der Waals surface area (Å²) >= 11 is 5.89. The Bertz CT molecular complexity index is 668. The third kappa shape index (κ3) is 4.14. The van der Waals surface area contributed by atoms with E-state index in [-0.39, 0.29) is 16.5 Å². The van der Waals surface area contributed by atoms with E-state index in [4.69, 9.17) is 11.6 Å². The Kier molecular flexibility index (Phi) is 4.60. The van der Waals surface area contributed by atoms with Gasteiger partial charge in [0.05, 0.1) is 5.02 Å². The minimum Gasteiger partial charge on any atom is -0.406 e. The van der Waals surface area contributed by atoms with Gasteiger partial charge in [0.2, 0.25) is 0 Å². The van der Waals surface area contributed by atoms with E-state index in [9.17, 15) is 18.0 Å². The number of nitrogens with zero attached hydrogens (tertiary/aromatic N) is 2. The predicted molar refractivity (Wildman–Crippen MR) is 74.0 cm³/mol. The quantitative estimate of drug-likeness (QED) is 0.928. The molecule has 1 aromatic carbocycles. The summed E-state index contributed by atoms with van der Waals surface area (Å²) in [6.07, 6.45) is -3.25. The summed E-state index contributed by atoms with van der Waals surface area (Å²) in [4.78, 5) is 12.0. The highest BCUT2D eigenvalue weighted by atomic mass is 35.5. The third-order valence-corrected chi connectivity index (χ3v) is 2.88. The van der Waals surface area contributed by atoms with E-state index in [0.717, 1.165) is 12.1 Å². The first-order chi connectivity index (χ1) is 10.3. The number of hydrogen-bond acceptors (Lipinski definition) is 3. The fourth-order valence-corrected chi connectivity index (χ4v) is 1.88. The summed E-state index contributed by atoms with van der Waals surface area (Å²) in [5, 5.41) is 6.67. The Morgan fingerprint density at radius 1 is 1.36 bits per heavy atom. The van der Waals surface area contributed by atoms with Crippen LogP contribution in [0.5, 0.6) is 5.75 Å². The van der Waals surface area contributed by atoms with Crippen LogP contribution in [0.15, 0.2) is 30.5 Å². The molecule has 5 nitrogen and oxygen atoms in total. The highest BCUT2D eigenvalue weighted by Crippen LogP contribution is 2.24. The van der Waals surface area contributed by atoms with Gasteiger partial charge in [-0.2, -0.15) is 5.10 Å². The number of anilines is 1. The van der Waals surface area contributed by atoms with Crippen molar-refractivity contribution < 1.29 is 22.7 Å². The predicted octanol–water partition coefficient (Wildman–Crippen LogP) is 3.71. The molecular formula is C13H11ClF3N3O2. The molecule has 0 spiro atoms. The summed E-state index contributed by atoms with van der Waals surface area (Å²) in [7, 11) is 0. The molecule has 0 bridgehead atoms. The lowest BCUT2D eigenvalue weighted by Gasteiger charge is -2.09. The topological polar surface area (TPSA) is 56.2 Å².